The number of aromatic amines is 1. The van der Waals surface area contributed by atoms with Crippen LogP contribution in [-0.2, 0) is 4.79 Å². The van der Waals surface area contributed by atoms with E-state index in [0.717, 1.165) is 35.1 Å². The number of carbonyl (C=O) groups is 1. The van der Waals surface area contributed by atoms with Gasteiger partial charge in [0.05, 0.1) is 17.6 Å². The molecule has 1 aromatic heterocycles. The first-order chi connectivity index (χ1) is 10.8. The molecule has 1 atom stereocenters. The van der Waals surface area contributed by atoms with Crippen LogP contribution in [0.1, 0.15) is 18.0 Å². The molecule has 1 saturated heterocycles. The van der Waals surface area contributed by atoms with E-state index in [-0.39, 0.29) is 11.3 Å². The Morgan fingerprint density at radius 1 is 1.41 bits per heavy atom. The van der Waals surface area contributed by atoms with Crippen molar-refractivity contribution in [1.82, 2.24) is 14.9 Å². The average Bonchev–Trinajstić information content (AvgIpc) is 3.16. The largest absolute Gasteiger partial charge is 0.339 e. The maximum atomic E-state index is 12.1. The molecular weight excluding hydrogens is 314 g/mol. The molecule has 1 aliphatic heterocycles. The minimum absolute atomic E-state index is 0.0647. The summed E-state index contributed by atoms with van der Waals surface area (Å²) in [4.78, 5) is 21.9. The van der Waals surface area contributed by atoms with Gasteiger partial charge in [-0.25, -0.2) is 4.98 Å². The third-order valence-corrected chi connectivity index (χ3v) is 5.67. The number of H-pyrrole nitrogens is 1. The van der Waals surface area contributed by atoms with Gasteiger partial charge in [-0.1, -0.05) is 37.3 Å². The Kier molecular flexibility index (Phi) is 5.10. The van der Waals surface area contributed by atoms with Gasteiger partial charge in [0, 0.05) is 17.9 Å². The molecule has 0 bridgehead atoms. The molecule has 22 heavy (non-hydrogen) atoms. The van der Waals surface area contributed by atoms with Gasteiger partial charge in [-0.05, 0) is 5.75 Å². The molecule has 1 fully saturated rings. The number of rotatable bonds is 6. The van der Waals surface area contributed by atoms with E-state index in [0.29, 0.717) is 5.75 Å². The quantitative estimate of drug-likeness (QED) is 0.823. The van der Waals surface area contributed by atoms with Crippen LogP contribution in [0, 0.1) is 0 Å². The Balaban J connectivity index is 1.75. The minimum Gasteiger partial charge on any atom is -0.339 e. The first-order valence-electron chi connectivity index (χ1n) is 7.38. The summed E-state index contributed by atoms with van der Waals surface area (Å²) in [6, 6.07) is 10.1. The van der Waals surface area contributed by atoms with Crippen LogP contribution in [0.15, 0.2) is 36.5 Å². The van der Waals surface area contributed by atoms with Crippen LogP contribution in [-0.4, -0.2) is 44.6 Å². The molecule has 1 aliphatic rings. The molecule has 0 saturated carbocycles. The Labute approximate surface area is 139 Å². The van der Waals surface area contributed by atoms with E-state index in [9.17, 15) is 4.79 Å². The molecule has 2 heterocycles. The number of nitrogens with zero attached hydrogens (tertiary/aromatic N) is 2. The SMILES string of the molecule is CCSCCN1C(=O)CSC1c1cnc(-c2ccccc2)[nH]1. The zero-order valence-electron chi connectivity index (χ0n) is 12.5. The lowest BCUT2D eigenvalue weighted by atomic mass is 10.2. The van der Waals surface area contributed by atoms with Gasteiger partial charge >= 0.3 is 0 Å². The first-order valence-corrected chi connectivity index (χ1v) is 9.59. The third kappa shape index (κ3) is 3.33. The van der Waals surface area contributed by atoms with Crippen molar-refractivity contribution >= 4 is 29.4 Å². The molecular formula is C16H19N3OS2. The van der Waals surface area contributed by atoms with Crippen molar-refractivity contribution in [1.29, 1.82) is 0 Å². The van der Waals surface area contributed by atoms with Crippen molar-refractivity contribution in [3.8, 4) is 11.4 Å². The van der Waals surface area contributed by atoms with Gasteiger partial charge < -0.3 is 9.88 Å². The molecule has 4 nitrogen and oxygen atoms in total. The van der Waals surface area contributed by atoms with Gasteiger partial charge in [0.15, 0.2) is 0 Å². The summed E-state index contributed by atoms with van der Waals surface area (Å²) in [6.45, 7) is 2.94. The number of hydrogen-bond acceptors (Lipinski definition) is 4. The second-order valence-corrected chi connectivity index (χ2v) is 7.46. The second kappa shape index (κ2) is 7.24. The summed E-state index contributed by atoms with van der Waals surface area (Å²) >= 11 is 3.54. The fourth-order valence-electron chi connectivity index (χ4n) is 2.46. The van der Waals surface area contributed by atoms with Crippen LogP contribution in [0.5, 0.6) is 0 Å². The van der Waals surface area contributed by atoms with Gasteiger partial charge in [-0.3, -0.25) is 4.79 Å². The summed E-state index contributed by atoms with van der Waals surface area (Å²) in [5.41, 5.74) is 2.08. The van der Waals surface area contributed by atoms with Crippen LogP contribution in [0.4, 0.5) is 0 Å². The molecule has 6 heteroatoms. The Hall–Kier alpha value is -1.40. The summed E-state index contributed by atoms with van der Waals surface area (Å²) in [7, 11) is 0. The van der Waals surface area contributed by atoms with E-state index in [1.165, 1.54) is 0 Å². The monoisotopic (exact) mass is 333 g/mol. The standard InChI is InChI=1S/C16H19N3OS2/c1-2-21-9-8-19-14(20)11-22-16(19)13-10-17-15(18-13)12-6-4-3-5-7-12/h3-7,10,16H,2,8-9,11H2,1H3,(H,17,18). The minimum atomic E-state index is 0.0647. The molecule has 3 rings (SSSR count). The van der Waals surface area contributed by atoms with E-state index in [2.05, 4.69) is 16.9 Å². The Morgan fingerprint density at radius 3 is 3.00 bits per heavy atom. The van der Waals surface area contributed by atoms with Crippen molar-refractivity contribution in [3.05, 3.63) is 42.2 Å². The molecule has 0 radical (unpaired) electrons. The highest BCUT2D eigenvalue weighted by molar-refractivity contribution is 8.00. The second-order valence-electron chi connectivity index (χ2n) is 5.00. The molecule has 0 aliphatic carbocycles. The van der Waals surface area contributed by atoms with Crippen LogP contribution < -0.4 is 0 Å². The summed E-state index contributed by atoms with van der Waals surface area (Å²) in [5.74, 6) is 3.71. The molecule has 1 N–H and O–H groups in total. The number of hydrogen-bond donors (Lipinski definition) is 1. The molecule has 1 amide bonds. The topological polar surface area (TPSA) is 49.0 Å². The number of imidazole rings is 1. The molecule has 2 aromatic rings. The van der Waals surface area contributed by atoms with Crippen molar-refractivity contribution < 1.29 is 4.79 Å². The van der Waals surface area contributed by atoms with E-state index in [4.69, 9.17) is 0 Å². The summed E-state index contributed by atoms with van der Waals surface area (Å²) in [6.07, 6.45) is 1.86. The molecule has 0 spiro atoms. The molecule has 1 unspecified atom stereocenters. The zero-order chi connectivity index (χ0) is 15.4. The van der Waals surface area contributed by atoms with Crippen LogP contribution in [0.3, 0.4) is 0 Å². The predicted molar refractivity (Wildman–Crippen MR) is 93.9 cm³/mol. The summed E-state index contributed by atoms with van der Waals surface area (Å²) in [5, 5.41) is 0.0647. The predicted octanol–water partition coefficient (Wildman–Crippen LogP) is 3.40. The average molecular weight is 333 g/mol. The lowest BCUT2D eigenvalue weighted by molar-refractivity contribution is -0.127. The number of thioether (sulfide) groups is 2. The highest BCUT2D eigenvalue weighted by Gasteiger charge is 2.33. The normalized spacial score (nSPS) is 18.1. The lowest BCUT2D eigenvalue weighted by Gasteiger charge is -2.22. The van der Waals surface area contributed by atoms with Crippen LogP contribution in [0.25, 0.3) is 11.4 Å². The maximum absolute atomic E-state index is 12.1. The maximum Gasteiger partial charge on any atom is 0.233 e. The van der Waals surface area contributed by atoms with Crippen molar-refractivity contribution in [2.45, 2.75) is 12.3 Å². The highest BCUT2D eigenvalue weighted by Crippen LogP contribution is 2.38. The molecule has 116 valence electrons. The van der Waals surface area contributed by atoms with E-state index < -0.39 is 0 Å². The van der Waals surface area contributed by atoms with Gasteiger partial charge in [-0.2, -0.15) is 11.8 Å². The van der Waals surface area contributed by atoms with Gasteiger partial charge in [-0.15, -0.1) is 11.8 Å². The van der Waals surface area contributed by atoms with E-state index in [1.807, 2.05) is 53.2 Å². The van der Waals surface area contributed by atoms with Gasteiger partial charge in [0.25, 0.3) is 0 Å². The number of carbonyl (C=O) groups excluding carboxylic acids is 1. The number of aromatic nitrogens is 2. The van der Waals surface area contributed by atoms with Gasteiger partial charge in [0.1, 0.15) is 11.2 Å². The lowest BCUT2D eigenvalue weighted by Crippen LogP contribution is -2.30. The third-order valence-electron chi connectivity index (χ3n) is 3.56. The van der Waals surface area contributed by atoms with Crippen LogP contribution in [0.2, 0.25) is 0 Å². The van der Waals surface area contributed by atoms with Gasteiger partial charge in [0.2, 0.25) is 5.91 Å². The molecule has 1 aromatic carbocycles. The number of amides is 1. The summed E-state index contributed by atoms with van der Waals surface area (Å²) < 4.78 is 0. The van der Waals surface area contributed by atoms with E-state index in [1.54, 1.807) is 11.8 Å². The zero-order valence-corrected chi connectivity index (χ0v) is 14.1. The number of benzene rings is 1. The van der Waals surface area contributed by atoms with E-state index >= 15 is 0 Å². The van der Waals surface area contributed by atoms with Crippen molar-refractivity contribution in [2.24, 2.45) is 0 Å². The van der Waals surface area contributed by atoms with Crippen LogP contribution >= 0.6 is 23.5 Å². The Bertz CT molecular complexity index is 629. The van der Waals surface area contributed by atoms with Crippen molar-refractivity contribution in [3.63, 3.8) is 0 Å². The highest BCUT2D eigenvalue weighted by atomic mass is 32.2. The first kappa shape index (κ1) is 15.5. The fraction of sp³-hybridized carbons (Fsp3) is 0.375. The smallest absolute Gasteiger partial charge is 0.233 e. The fourth-order valence-corrected chi connectivity index (χ4v) is 4.25. The number of nitrogens with one attached hydrogen (secondary N) is 1. The Morgan fingerprint density at radius 2 is 2.23 bits per heavy atom. The van der Waals surface area contributed by atoms with Crippen molar-refractivity contribution in [2.75, 3.05) is 23.8 Å².